The predicted molar refractivity (Wildman–Crippen MR) is 158 cm³/mol. The molecule has 0 aliphatic carbocycles. The van der Waals surface area contributed by atoms with Crippen molar-refractivity contribution < 1.29 is 39.1 Å². The van der Waals surface area contributed by atoms with Crippen LogP contribution in [0.3, 0.4) is 0 Å². The molecule has 1 aliphatic heterocycles. The molecular weight excluding hydrogens is 562 g/mol. The number of aryl methyl sites for hydroxylation is 2. The molecule has 10 heteroatoms. The number of nitrogens with zero attached hydrogens (tertiary/aromatic N) is 1. The van der Waals surface area contributed by atoms with Gasteiger partial charge in [-0.2, -0.15) is 0 Å². The largest absolute Gasteiger partial charge is 0.425 e. The third-order valence-electron chi connectivity index (χ3n) is 7.25. The number of carbonyl (C=O) groups excluding carboxylic acids is 2. The molecule has 0 saturated carbocycles. The molecule has 0 spiro atoms. The van der Waals surface area contributed by atoms with Gasteiger partial charge < -0.3 is 29.5 Å². The first-order chi connectivity index (χ1) is 19.6. The number of aliphatic hydroxyl groups excluding tert-OH is 2. The molecule has 9 nitrogen and oxygen atoms in total. The van der Waals surface area contributed by atoms with Crippen LogP contribution in [0.25, 0.3) is 0 Å². The summed E-state index contributed by atoms with van der Waals surface area (Å²) in [4.78, 5) is 25.7. The summed E-state index contributed by atoms with van der Waals surface area (Å²) in [7, 11) is 2.00. The van der Waals surface area contributed by atoms with Gasteiger partial charge >= 0.3 is 11.9 Å². The zero-order chi connectivity index (χ0) is 31.2. The van der Waals surface area contributed by atoms with E-state index in [1.165, 1.54) is 24.3 Å². The Labute approximate surface area is 251 Å². The third kappa shape index (κ3) is 8.16. The number of benzene rings is 3. The Balaban J connectivity index is 0.000000240. The van der Waals surface area contributed by atoms with E-state index in [4.69, 9.17) is 25.8 Å². The van der Waals surface area contributed by atoms with E-state index in [0.29, 0.717) is 17.2 Å². The summed E-state index contributed by atoms with van der Waals surface area (Å²) < 4.78 is 15.6. The Bertz CT molecular complexity index is 1300. The minimum atomic E-state index is -2.05. The fraction of sp³-hybridized carbons (Fsp3) is 0.375. The number of hydrogen-bond acceptors (Lipinski definition) is 9. The molecule has 1 aliphatic rings. The first kappa shape index (κ1) is 33.2. The summed E-state index contributed by atoms with van der Waals surface area (Å²) in [5.74, 6) is -3.21. The normalized spacial score (nSPS) is 21.3. The van der Waals surface area contributed by atoms with Crippen molar-refractivity contribution in [2.24, 2.45) is 0 Å². The van der Waals surface area contributed by atoms with Gasteiger partial charge in [-0.05, 0) is 78.1 Å². The van der Waals surface area contributed by atoms with Crippen LogP contribution >= 0.6 is 11.6 Å². The quantitative estimate of drug-likeness (QED) is 0.283. The van der Waals surface area contributed by atoms with E-state index in [2.05, 4.69) is 18.7 Å². The molecule has 1 saturated heterocycles. The van der Waals surface area contributed by atoms with Crippen molar-refractivity contribution in [3.8, 4) is 11.5 Å². The van der Waals surface area contributed by atoms with Crippen molar-refractivity contribution in [2.75, 3.05) is 13.7 Å². The van der Waals surface area contributed by atoms with Crippen molar-refractivity contribution in [2.45, 2.75) is 64.2 Å². The Kier molecular flexibility index (Phi) is 10.9. The second-order valence-corrected chi connectivity index (χ2v) is 11.4. The lowest BCUT2D eigenvalue weighted by Gasteiger charge is -2.52. The fourth-order valence-corrected chi connectivity index (χ4v) is 4.35. The van der Waals surface area contributed by atoms with Crippen molar-refractivity contribution >= 4 is 23.5 Å². The standard InChI is InChI=1S/C18H18O6.C14H20ClNO2/c1-11-3-7-13(8-4-11)23-17(21)15(19)16(20)18(22)24-14-9-5-12(2)6-10-14;1-10-14(17,11-6-5-7-12(15)8-11)18-9-13(2,3)16(10)4/h3-10,15-16,19-20H,1-2H3;5-8,10,17H,9H2,1-4H3/t15-,16-;10-,14+/m10/s1. The summed E-state index contributed by atoms with van der Waals surface area (Å²) in [6.45, 7) is 10.4. The lowest BCUT2D eigenvalue weighted by atomic mass is 9.90. The van der Waals surface area contributed by atoms with E-state index in [1.54, 1.807) is 36.4 Å². The maximum Gasteiger partial charge on any atom is 0.343 e. The highest BCUT2D eigenvalue weighted by Crippen LogP contribution is 2.38. The Morgan fingerprint density at radius 3 is 1.79 bits per heavy atom. The molecule has 0 unspecified atom stereocenters. The average molecular weight is 600 g/mol. The Hall–Kier alpha value is -3.31. The zero-order valence-corrected chi connectivity index (χ0v) is 25.3. The van der Waals surface area contributed by atoms with E-state index in [1.807, 2.05) is 40.0 Å². The van der Waals surface area contributed by atoms with E-state index in [9.17, 15) is 24.9 Å². The number of halogens is 1. The van der Waals surface area contributed by atoms with E-state index in [-0.39, 0.29) is 23.1 Å². The summed E-state index contributed by atoms with van der Waals surface area (Å²) >= 11 is 5.99. The molecule has 4 atom stereocenters. The van der Waals surface area contributed by atoms with Crippen molar-refractivity contribution in [3.63, 3.8) is 0 Å². The molecule has 0 radical (unpaired) electrons. The maximum absolute atomic E-state index is 11.8. The van der Waals surface area contributed by atoms with E-state index >= 15 is 0 Å². The van der Waals surface area contributed by atoms with Crippen LogP contribution in [0, 0.1) is 13.8 Å². The lowest BCUT2D eigenvalue weighted by molar-refractivity contribution is -0.298. The first-order valence-electron chi connectivity index (χ1n) is 13.4. The highest BCUT2D eigenvalue weighted by atomic mass is 35.5. The van der Waals surface area contributed by atoms with Crippen LogP contribution in [0.2, 0.25) is 5.02 Å². The van der Waals surface area contributed by atoms with Gasteiger partial charge in [-0.15, -0.1) is 0 Å². The molecule has 0 bridgehead atoms. The highest BCUT2D eigenvalue weighted by Gasteiger charge is 2.48. The number of hydrogen-bond donors (Lipinski definition) is 3. The van der Waals surface area contributed by atoms with Gasteiger partial charge in [0.25, 0.3) is 0 Å². The van der Waals surface area contributed by atoms with Gasteiger partial charge in [-0.25, -0.2) is 9.59 Å². The van der Waals surface area contributed by atoms with Gasteiger partial charge in [0.05, 0.1) is 12.6 Å². The van der Waals surface area contributed by atoms with E-state index < -0.39 is 29.9 Å². The van der Waals surface area contributed by atoms with Gasteiger partial charge in [0.2, 0.25) is 5.79 Å². The fourth-order valence-electron chi connectivity index (χ4n) is 4.16. The smallest absolute Gasteiger partial charge is 0.343 e. The minimum absolute atomic E-state index is 0.0930. The molecule has 1 fully saturated rings. The summed E-state index contributed by atoms with van der Waals surface area (Å²) in [6.07, 6.45) is -4.10. The monoisotopic (exact) mass is 599 g/mol. The average Bonchev–Trinajstić information content (AvgIpc) is 2.96. The van der Waals surface area contributed by atoms with Gasteiger partial charge in [-0.1, -0.05) is 59.1 Å². The van der Waals surface area contributed by atoms with Crippen LogP contribution < -0.4 is 9.47 Å². The van der Waals surface area contributed by atoms with Crippen LogP contribution in [0.1, 0.15) is 37.5 Å². The molecule has 1 heterocycles. The molecule has 4 rings (SSSR count). The number of esters is 2. The highest BCUT2D eigenvalue weighted by molar-refractivity contribution is 6.30. The molecular formula is C32H38ClNO8. The second-order valence-electron chi connectivity index (χ2n) is 11.0. The number of carbonyl (C=O) groups is 2. The SMILES string of the molecule is C[C@@H]1N(C)C(C)(C)CO[C@@]1(O)c1cccc(Cl)c1.Cc1ccc(OC(=O)[C@H](O)[C@@H](O)C(=O)Oc2ccc(C)cc2)cc1. The van der Waals surface area contributed by atoms with Gasteiger partial charge in [0.1, 0.15) is 11.5 Å². The van der Waals surface area contributed by atoms with E-state index in [0.717, 1.165) is 11.1 Å². The molecule has 3 N–H and O–H groups in total. The number of ether oxygens (including phenoxy) is 3. The maximum atomic E-state index is 11.8. The molecule has 42 heavy (non-hydrogen) atoms. The molecule has 3 aromatic carbocycles. The van der Waals surface area contributed by atoms with Crippen molar-refractivity contribution in [1.29, 1.82) is 0 Å². The van der Waals surface area contributed by atoms with Crippen LogP contribution in [-0.4, -0.2) is 69.6 Å². The molecule has 3 aromatic rings. The van der Waals surface area contributed by atoms with Gasteiger partial charge in [-0.3, -0.25) is 4.90 Å². The third-order valence-corrected chi connectivity index (χ3v) is 7.48. The van der Waals surface area contributed by atoms with Gasteiger partial charge in [0, 0.05) is 16.1 Å². The predicted octanol–water partition coefficient (Wildman–Crippen LogP) is 4.15. The van der Waals surface area contributed by atoms with Crippen molar-refractivity contribution in [1.82, 2.24) is 4.90 Å². The lowest BCUT2D eigenvalue weighted by Crippen LogP contribution is -2.63. The number of likely N-dealkylation sites (N-methyl/N-ethyl adjacent to an activating group) is 1. The summed E-state index contributed by atoms with van der Waals surface area (Å²) in [6, 6.07) is 20.1. The molecule has 0 aromatic heterocycles. The van der Waals surface area contributed by atoms with Crippen molar-refractivity contribution in [3.05, 3.63) is 94.5 Å². The van der Waals surface area contributed by atoms with Crippen LogP contribution in [0.15, 0.2) is 72.8 Å². The first-order valence-corrected chi connectivity index (χ1v) is 13.8. The van der Waals surface area contributed by atoms with Crippen LogP contribution in [0.5, 0.6) is 11.5 Å². The Morgan fingerprint density at radius 1 is 0.905 bits per heavy atom. The second kappa shape index (κ2) is 13.8. The number of morpholine rings is 1. The van der Waals surface area contributed by atoms with Crippen LogP contribution in [-0.2, 0) is 20.1 Å². The summed E-state index contributed by atoms with van der Waals surface area (Å²) in [5.41, 5.74) is 2.54. The zero-order valence-electron chi connectivity index (χ0n) is 24.6. The van der Waals surface area contributed by atoms with Crippen LogP contribution in [0.4, 0.5) is 0 Å². The summed E-state index contributed by atoms with van der Waals surface area (Å²) in [5, 5.41) is 31.0. The van der Waals surface area contributed by atoms with Gasteiger partial charge in [0.15, 0.2) is 12.2 Å². The number of aliphatic hydroxyl groups is 3. The topological polar surface area (TPSA) is 126 Å². The number of rotatable bonds is 6. The Morgan fingerprint density at radius 2 is 1.36 bits per heavy atom. The molecule has 226 valence electrons. The molecule has 0 amide bonds. The minimum Gasteiger partial charge on any atom is -0.425 e.